The predicted octanol–water partition coefficient (Wildman–Crippen LogP) is 2.57. The predicted molar refractivity (Wildman–Crippen MR) is 123 cm³/mol. The standard InChI is InChI=1S/C22H19N7O3S/c1-25-19-18(14-3-4-17(28-11-14)32-8-7-30)15(10-23)22(29-20(19)24)33-12-13-5-6-27-16(9-13)21(31)26-2/h3-6,9,11,30H,7-8,12H2,2H3,(H2,24,29)(H,26,31). The summed E-state index contributed by atoms with van der Waals surface area (Å²) < 4.78 is 5.27. The molecule has 0 radical (unpaired) electrons. The van der Waals surface area contributed by atoms with Crippen molar-refractivity contribution in [2.75, 3.05) is 26.0 Å². The van der Waals surface area contributed by atoms with Gasteiger partial charge in [0.1, 0.15) is 29.2 Å². The van der Waals surface area contributed by atoms with Crippen LogP contribution in [0.3, 0.4) is 0 Å². The van der Waals surface area contributed by atoms with E-state index in [4.69, 9.17) is 22.1 Å². The van der Waals surface area contributed by atoms with Crippen molar-refractivity contribution < 1.29 is 14.6 Å². The molecule has 0 atom stereocenters. The topological polar surface area (TPSA) is 151 Å². The normalized spacial score (nSPS) is 10.2. The van der Waals surface area contributed by atoms with Crippen LogP contribution in [-0.2, 0) is 5.75 Å². The van der Waals surface area contributed by atoms with Crippen LogP contribution in [0.1, 0.15) is 21.6 Å². The number of nitrogens with two attached hydrogens (primary N) is 1. The fourth-order valence-electron chi connectivity index (χ4n) is 2.91. The number of aromatic nitrogens is 3. The number of rotatable bonds is 8. The Balaban J connectivity index is 1.98. The molecule has 0 fully saturated rings. The third-order valence-corrected chi connectivity index (χ3v) is 5.46. The number of nitrogens with one attached hydrogen (secondary N) is 1. The number of amides is 1. The maximum atomic E-state index is 11.8. The van der Waals surface area contributed by atoms with Gasteiger partial charge in [-0.15, -0.1) is 11.8 Å². The van der Waals surface area contributed by atoms with Gasteiger partial charge in [-0.05, 0) is 29.3 Å². The average molecular weight is 462 g/mol. The van der Waals surface area contributed by atoms with Crippen molar-refractivity contribution in [1.29, 1.82) is 5.26 Å². The highest BCUT2D eigenvalue weighted by molar-refractivity contribution is 7.98. The first kappa shape index (κ1) is 23.5. The number of anilines is 1. The number of hydrogen-bond donors (Lipinski definition) is 3. The van der Waals surface area contributed by atoms with Crippen LogP contribution in [0.25, 0.3) is 16.0 Å². The highest BCUT2D eigenvalue weighted by atomic mass is 32.2. The Hall–Kier alpha value is -4.19. The van der Waals surface area contributed by atoms with Gasteiger partial charge in [0.25, 0.3) is 5.91 Å². The minimum absolute atomic E-state index is 0.00267. The van der Waals surface area contributed by atoms with Crippen LogP contribution in [0.2, 0.25) is 0 Å². The van der Waals surface area contributed by atoms with Gasteiger partial charge in [-0.1, -0.05) is 0 Å². The third-order valence-electron chi connectivity index (χ3n) is 4.41. The second kappa shape index (κ2) is 10.9. The van der Waals surface area contributed by atoms with E-state index >= 15 is 0 Å². The largest absolute Gasteiger partial charge is 0.475 e. The van der Waals surface area contributed by atoms with Crippen molar-refractivity contribution in [3.05, 3.63) is 64.9 Å². The van der Waals surface area contributed by atoms with Gasteiger partial charge in [-0.2, -0.15) is 5.26 Å². The van der Waals surface area contributed by atoms with E-state index < -0.39 is 0 Å². The molecule has 3 aromatic heterocycles. The molecule has 3 rings (SSSR count). The van der Waals surface area contributed by atoms with Gasteiger partial charge >= 0.3 is 0 Å². The van der Waals surface area contributed by atoms with Crippen LogP contribution in [-0.4, -0.2) is 46.2 Å². The van der Waals surface area contributed by atoms with Crippen molar-refractivity contribution >= 4 is 29.2 Å². The van der Waals surface area contributed by atoms with Crippen LogP contribution in [0.4, 0.5) is 11.5 Å². The van der Waals surface area contributed by atoms with Crippen LogP contribution >= 0.6 is 11.8 Å². The second-order valence-electron chi connectivity index (χ2n) is 6.50. The number of ether oxygens (including phenoxy) is 1. The van der Waals surface area contributed by atoms with Crippen LogP contribution in [0.15, 0.2) is 41.7 Å². The third kappa shape index (κ3) is 5.36. The molecule has 0 aliphatic heterocycles. The van der Waals surface area contributed by atoms with Crippen molar-refractivity contribution in [3.8, 4) is 23.1 Å². The summed E-state index contributed by atoms with van der Waals surface area (Å²) in [7, 11) is 1.53. The maximum Gasteiger partial charge on any atom is 0.269 e. The lowest BCUT2D eigenvalue weighted by Gasteiger charge is -2.13. The molecule has 0 aromatic carbocycles. The maximum absolute atomic E-state index is 11.8. The minimum atomic E-state index is -0.301. The molecule has 0 spiro atoms. The number of carbonyl (C=O) groups excluding carboxylic acids is 1. The summed E-state index contributed by atoms with van der Waals surface area (Å²) in [5.41, 5.74) is 8.25. The molecule has 3 aromatic rings. The van der Waals surface area contributed by atoms with Crippen molar-refractivity contribution in [3.63, 3.8) is 0 Å². The molecule has 0 saturated heterocycles. The molecule has 0 aliphatic rings. The van der Waals surface area contributed by atoms with Gasteiger partial charge in [0, 0.05) is 36.8 Å². The van der Waals surface area contributed by atoms with Crippen molar-refractivity contribution in [1.82, 2.24) is 20.3 Å². The van der Waals surface area contributed by atoms with Gasteiger partial charge in [0.15, 0.2) is 0 Å². The Morgan fingerprint density at radius 2 is 2.21 bits per heavy atom. The molecular formula is C22H19N7O3S. The number of nitrogen functional groups attached to an aromatic ring is 1. The van der Waals surface area contributed by atoms with Crippen LogP contribution in [0, 0.1) is 17.9 Å². The zero-order valence-electron chi connectivity index (χ0n) is 17.6. The summed E-state index contributed by atoms with van der Waals surface area (Å²) in [5, 5.41) is 21.7. The molecule has 0 saturated carbocycles. The summed E-state index contributed by atoms with van der Waals surface area (Å²) in [6.45, 7) is 7.49. The van der Waals surface area contributed by atoms with Crippen LogP contribution in [0.5, 0.6) is 5.88 Å². The van der Waals surface area contributed by atoms with Gasteiger partial charge < -0.3 is 20.9 Å². The van der Waals surface area contributed by atoms with Crippen molar-refractivity contribution in [2.24, 2.45) is 0 Å². The smallest absolute Gasteiger partial charge is 0.269 e. The lowest BCUT2D eigenvalue weighted by molar-refractivity contribution is 0.0958. The number of carbonyl (C=O) groups is 1. The van der Waals surface area contributed by atoms with Gasteiger partial charge in [0.05, 0.1) is 18.7 Å². The minimum Gasteiger partial charge on any atom is -0.475 e. The number of nitrogens with zero attached hydrogens (tertiary/aromatic N) is 5. The number of aliphatic hydroxyl groups is 1. The first-order valence-electron chi connectivity index (χ1n) is 9.63. The highest BCUT2D eigenvalue weighted by Gasteiger charge is 2.21. The van der Waals surface area contributed by atoms with Gasteiger partial charge in [-0.25, -0.2) is 14.8 Å². The molecule has 0 aliphatic carbocycles. The Morgan fingerprint density at radius 1 is 1.39 bits per heavy atom. The molecule has 166 valence electrons. The molecule has 4 N–H and O–H groups in total. The van der Waals surface area contributed by atoms with E-state index in [0.717, 1.165) is 5.56 Å². The van der Waals surface area contributed by atoms with E-state index in [1.54, 1.807) is 24.3 Å². The molecule has 3 heterocycles. The first-order chi connectivity index (χ1) is 16.0. The van der Waals surface area contributed by atoms with E-state index in [1.807, 2.05) is 0 Å². The molecule has 10 nitrogen and oxygen atoms in total. The van der Waals surface area contributed by atoms with E-state index in [1.165, 1.54) is 31.2 Å². The van der Waals surface area contributed by atoms with Crippen molar-refractivity contribution in [2.45, 2.75) is 10.8 Å². The molecule has 11 heteroatoms. The zero-order valence-corrected chi connectivity index (χ0v) is 18.4. The lowest BCUT2D eigenvalue weighted by atomic mass is 10.0. The fourth-order valence-corrected chi connectivity index (χ4v) is 3.84. The van der Waals surface area contributed by atoms with E-state index in [9.17, 15) is 10.1 Å². The number of hydrogen-bond acceptors (Lipinski definition) is 9. The monoisotopic (exact) mass is 461 g/mol. The summed E-state index contributed by atoms with van der Waals surface area (Å²) in [6, 6.07) is 8.80. The number of nitriles is 1. The zero-order chi connectivity index (χ0) is 23.8. The average Bonchev–Trinajstić information content (AvgIpc) is 2.85. The Morgan fingerprint density at radius 3 is 2.85 bits per heavy atom. The van der Waals surface area contributed by atoms with E-state index in [-0.39, 0.29) is 41.9 Å². The first-order valence-corrected chi connectivity index (χ1v) is 10.6. The molecule has 0 unspecified atom stereocenters. The Labute approximate surface area is 194 Å². The summed E-state index contributed by atoms with van der Waals surface area (Å²) in [4.78, 5) is 27.8. The lowest BCUT2D eigenvalue weighted by Crippen LogP contribution is -2.19. The summed E-state index contributed by atoms with van der Waals surface area (Å²) in [6.07, 6.45) is 3.01. The molecule has 1 amide bonds. The quantitative estimate of drug-likeness (QED) is 0.339. The Kier molecular flexibility index (Phi) is 7.76. The number of thioether (sulfide) groups is 1. The highest BCUT2D eigenvalue weighted by Crippen LogP contribution is 2.41. The molecule has 33 heavy (non-hydrogen) atoms. The number of aliphatic hydroxyl groups excluding tert-OH is 1. The Bertz CT molecular complexity index is 1250. The van der Waals surface area contributed by atoms with Gasteiger partial charge in [-0.3, -0.25) is 9.78 Å². The second-order valence-corrected chi connectivity index (χ2v) is 7.46. The SMILES string of the molecule is [C-]#[N+]c1c(N)nc(SCc2ccnc(C(=O)NC)c2)c(C#N)c1-c1ccc(OCCO)nc1. The fraction of sp³-hybridized carbons (Fsp3) is 0.182. The molecule has 0 bridgehead atoms. The van der Waals surface area contributed by atoms with Gasteiger partial charge in [0.2, 0.25) is 11.6 Å². The van der Waals surface area contributed by atoms with E-state index in [2.05, 4.69) is 31.2 Å². The summed E-state index contributed by atoms with van der Waals surface area (Å²) in [5.74, 6) is 0.403. The summed E-state index contributed by atoms with van der Waals surface area (Å²) >= 11 is 1.26. The molecular weight excluding hydrogens is 442 g/mol. The number of pyridine rings is 3. The van der Waals surface area contributed by atoms with E-state index in [0.29, 0.717) is 27.8 Å². The van der Waals surface area contributed by atoms with Crippen LogP contribution < -0.4 is 15.8 Å².